The van der Waals surface area contributed by atoms with Gasteiger partial charge in [0.25, 0.3) is 5.91 Å². The lowest BCUT2D eigenvalue weighted by atomic mass is 10.1. The second-order valence-electron chi connectivity index (χ2n) is 5.18. The first-order chi connectivity index (χ1) is 11.7. The summed E-state index contributed by atoms with van der Waals surface area (Å²) in [7, 11) is 0. The molecule has 0 saturated carbocycles. The molecule has 1 aromatic heterocycles. The fourth-order valence-corrected chi connectivity index (χ4v) is 3.98. The number of amides is 1. The largest absolute Gasteiger partial charge is 0.486 e. The quantitative estimate of drug-likeness (QED) is 0.716. The smallest absolute Gasteiger partial charge is 0.255 e. The Morgan fingerprint density at radius 3 is 2.83 bits per heavy atom. The molecular formula is C17H14N2O3S2. The Labute approximate surface area is 147 Å². The third kappa shape index (κ3) is 2.92. The van der Waals surface area contributed by atoms with Gasteiger partial charge < -0.3 is 14.8 Å². The lowest BCUT2D eigenvalue weighted by molar-refractivity contribution is 0.102. The van der Waals surface area contributed by atoms with Gasteiger partial charge in [0.15, 0.2) is 15.8 Å². The van der Waals surface area contributed by atoms with Crippen molar-refractivity contribution in [3.05, 3.63) is 42.0 Å². The van der Waals surface area contributed by atoms with Gasteiger partial charge in [0.1, 0.15) is 13.2 Å². The average Bonchev–Trinajstić information content (AvgIpc) is 3.03. The first-order valence-corrected chi connectivity index (χ1v) is 9.42. The lowest BCUT2D eigenvalue weighted by Gasteiger charge is -2.18. The zero-order valence-electron chi connectivity index (χ0n) is 12.9. The molecule has 122 valence electrons. The summed E-state index contributed by atoms with van der Waals surface area (Å²) in [5.74, 6) is 1.10. The molecule has 7 heteroatoms. The third-order valence-electron chi connectivity index (χ3n) is 3.61. The number of nitrogens with zero attached hydrogens (tertiary/aromatic N) is 1. The first-order valence-electron chi connectivity index (χ1n) is 7.38. The standard InChI is InChI=1S/C17H14N2O3S2/c1-23-17-19-12-4-3-11(9-15(12)24-17)18-16(20)10-2-5-13-14(8-10)22-7-6-21-13/h2-5,8-9H,6-7H2,1H3,(H,18,20). The maximum Gasteiger partial charge on any atom is 0.255 e. The normalized spacial score (nSPS) is 13.0. The van der Waals surface area contributed by atoms with E-state index < -0.39 is 0 Å². The summed E-state index contributed by atoms with van der Waals surface area (Å²) in [5.41, 5.74) is 2.23. The Balaban J connectivity index is 1.57. The number of carbonyl (C=O) groups is 1. The van der Waals surface area contributed by atoms with Crippen LogP contribution in [0.1, 0.15) is 10.4 Å². The lowest BCUT2D eigenvalue weighted by Crippen LogP contribution is -2.17. The van der Waals surface area contributed by atoms with Gasteiger partial charge >= 0.3 is 0 Å². The highest BCUT2D eigenvalue weighted by molar-refractivity contribution is 8.00. The molecule has 1 aliphatic heterocycles. The van der Waals surface area contributed by atoms with Crippen LogP contribution in [-0.4, -0.2) is 30.4 Å². The van der Waals surface area contributed by atoms with Crippen LogP contribution in [0.4, 0.5) is 5.69 Å². The summed E-state index contributed by atoms with van der Waals surface area (Å²) in [6, 6.07) is 10.9. The minimum absolute atomic E-state index is 0.180. The molecule has 0 unspecified atom stereocenters. The number of thioether (sulfide) groups is 1. The van der Waals surface area contributed by atoms with Crippen LogP contribution in [0.2, 0.25) is 0 Å². The number of hydrogen-bond acceptors (Lipinski definition) is 6. The molecule has 1 aliphatic rings. The summed E-state index contributed by atoms with van der Waals surface area (Å²) in [6.45, 7) is 1.03. The van der Waals surface area contributed by atoms with E-state index in [2.05, 4.69) is 10.3 Å². The Kier molecular flexibility index (Phi) is 4.03. The Morgan fingerprint density at radius 1 is 1.17 bits per heavy atom. The third-order valence-corrected chi connectivity index (χ3v) is 5.61. The van der Waals surface area contributed by atoms with Gasteiger partial charge in [0.05, 0.1) is 10.2 Å². The van der Waals surface area contributed by atoms with Crippen molar-refractivity contribution in [1.82, 2.24) is 4.98 Å². The van der Waals surface area contributed by atoms with Gasteiger partial charge in [-0.1, -0.05) is 11.8 Å². The number of ether oxygens (including phenoxy) is 2. The highest BCUT2D eigenvalue weighted by atomic mass is 32.2. The summed E-state index contributed by atoms with van der Waals surface area (Å²) >= 11 is 3.24. The van der Waals surface area contributed by atoms with Crippen LogP contribution in [0.5, 0.6) is 11.5 Å². The SMILES string of the molecule is CSc1nc2ccc(NC(=O)c3ccc4c(c3)OCCO4)cc2s1. The Bertz CT molecular complexity index is 923. The minimum atomic E-state index is -0.180. The molecule has 2 heterocycles. The topological polar surface area (TPSA) is 60.5 Å². The van der Waals surface area contributed by atoms with E-state index in [-0.39, 0.29) is 5.91 Å². The van der Waals surface area contributed by atoms with E-state index in [0.717, 1.165) is 20.2 Å². The van der Waals surface area contributed by atoms with E-state index in [1.165, 1.54) is 0 Å². The number of carbonyl (C=O) groups excluding carboxylic acids is 1. The summed E-state index contributed by atoms with van der Waals surface area (Å²) < 4.78 is 13.1. The number of thiazole rings is 1. The molecule has 0 bridgehead atoms. The molecule has 2 aromatic carbocycles. The van der Waals surface area contributed by atoms with Gasteiger partial charge in [-0.05, 0) is 42.7 Å². The molecule has 0 fully saturated rings. The van der Waals surface area contributed by atoms with Crippen molar-refractivity contribution in [2.75, 3.05) is 24.8 Å². The number of fused-ring (bicyclic) bond motifs is 2. The average molecular weight is 358 g/mol. The van der Waals surface area contributed by atoms with Crippen molar-refractivity contribution in [1.29, 1.82) is 0 Å². The minimum Gasteiger partial charge on any atom is -0.486 e. The first kappa shape index (κ1) is 15.3. The second-order valence-corrected chi connectivity index (χ2v) is 7.26. The molecule has 0 atom stereocenters. The molecule has 0 spiro atoms. The van der Waals surface area contributed by atoms with Gasteiger partial charge in [-0.2, -0.15) is 0 Å². The monoisotopic (exact) mass is 358 g/mol. The van der Waals surface area contributed by atoms with Crippen LogP contribution in [0.3, 0.4) is 0 Å². The molecule has 1 N–H and O–H groups in total. The van der Waals surface area contributed by atoms with Crippen LogP contribution in [0.15, 0.2) is 40.7 Å². The van der Waals surface area contributed by atoms with Crippen LogP contribution >= 0.6 is 23.1 Å². The Morgan fingerprint density at radius 2 is 2.00 bits per heavy atom. The van der Waals surface area contributed by atoms with Crippen molar-refractivity contribution in [3.8, 4) is 11.5 Å². The highest BCUT2D eigenvalue weighted by Crippen LogP contribution is 2.32. The molecule has 4 rings (SSSR count). The van der Waals surface area contributed by atoms with Crippen LogP contribution < -0.4 is 14.8 Å². The van der Waals surface area contributed by atoms with Crippen molar-refractivity contribution >= 4 is 44.9 Å². The Hall–Kier alpha value is -2.25. The maximum absolute atomic E-state index is 12.5. The van der Waals surface area contributed by atoms with Crippen LogP contribution in [-0.2, 0) is 0 Å². The highest BCUT2D eigenvalue weighted by Gasteiger charge is 2.15. The molecule has 1 amide bonds. The molecular weight excluding hydrogens is 344 g/mol. The van der Waals surface area contributed by atoms with Crippen LogP contribution in [0, 0.1) is 0 Å². The molecule has 24 heavy (non-hydrogen) atoms. The molecule has 0 saturated heterocycles. The zero-order chi connectivity index (χ0) is 16.5. The predicted octanol–water partition coefficient (Wildman–Crippen LogP) is 4.04. The number of anilines is 1. The van der Waals surface area contributed by atoms with E-state index in [9.17, 15) is 4.79 Å². The van der Waals surface area contributed by atoms with Gasteiger partial charge in [0, 0.05) is 11.3 Å². The number of benzene rings is 2. The van der Waals surface area contributed by atoms with E-state index in [0.29, 0.717) is 30.3 Å². The molecule has 3 aromatic rings. The van der Waals surface area contributed by atoms with Crippen molar-refractivity contribution < 1.29 is 14.3 Å². The van der Waals surface area contributed by atoms with E-state index in [1.807, 2.05) is 24.5 Å². The second kappa shape index (κ2) is 6.33. The molecule has 5 nitrogen and oxygen atoms in total. The summed E-state index contributed by atoms with van der Waals surface area (Å²) in [6.07, 6.45) is 2.00. The van der Waals surface area contributed by atoms with Crippen molar-refractivity contribution in [3.63, 3.8) is 0 Å². The molecule has 0 radical (unpaired) electrons. The number of rotatable bonds is 3. The van der Waals surface area contributed by atoms with Gasteiger partial charge in [-0.15, -0.1) is 11.3 Å². The fraction of sp³-hybridized carbons (Fsp3) is 0.176. The fourth-order valence-electron chi connectivity index (χ4n) is 2.46. The van der Waals surface area contributed by atoms with E-state index >= 15 is 0 Å². The zero-order valence-corrected chi connectivity index (χ0v) is 14.5. The predicted molar refractivity (Wildman–Crippen MR) is 96.8 cm³/mol. The number of aromatic nitrogens is 1. The van der Waals surface area contributed by atoms with E-state index in [4.69, 9.17) is 9.47 Å². The van der Waals surface area contributed by atoms with Gasteiger partial charge in [-0.3, -0.25) is 4.79 Å². The van der Waals surface area contributed by atoms with Crippen LogP contribution in [0.25, 0.3) is 10.2 Å². The van der Waals surface area contributed by atoms with E-state index in [1.54, 1.807) is 41.3 Å². The van der Waals surface area contributed by atoms with Crippen molar-refractivity contribution in [2.24, 2.45) is 0 Å². The number of nitrogens with one attached hydrogen (secondary N) is 1. The van der Waals surface area contributed by atoms with Crippen molar-refractivity contribution in [2.45, 2.75) is 4.34 Å². The summed E-state index contributed by atoms with van der Waals surface area (Å²) in [4.78, 5) is 17.0. The summed E-state index contributed by atoms with van der Waals surface area (Å²) in [5, 5.41) is 2.92. The molecule has 0 aliphatic carbocycles. The maximum atomic E-state index is 12.5. The number of hydrogen-bond donors (Lipinski definition) is 1. The van der Waals surface area contributed by atoms with Gasteiger partial charge in [-0.25, -0.2) is 4.98 Å². The van der Waals surface area contributed by atoms with Gasteiger partial charge in [0.2, 0.25) is 0 Å².